The zero-order valence-electron chi connectivity index (χ0n) is 20.9. The standard InChI is InChI=1S/C27H35N3O4S/c1-18-10-12-22(13-11-18)28-26(32)17-35-21(4)27(33)30(15-23-8-6-14-34-23)16-25(31)29-24-9-5-7-19(2)20(24)3/h5,7,9-13,21,23H,6,8,14-17H2,1-4H3,(H,28,32)(H,29,31). The van der Waals surface area contributed by atoms with Gasteiger partial charge in [0.25, 0.3) is 0 Å². The Kier molecular flexibility index (Phi) is 9.74. The molecule has 1 aliphatic heterocycles. The fourth-order valence-electron chi connectivity index (χ4n) is 3.88. The number of anilines is 2. The molecular weight excluding hydrogens is 462 g/mol. The van der Waals surface area contributed by atoms with Crippen molar-refractivity contribution in [1.29, 1.82) is 0 Å². The third kappa shape index (κ3) is 8.11. The number of nitrogens with zero attached hydrogens (tertiary/aromatic N) is 1. The molecule has 0 radical (unpaired) electrons. The Morgan fingerprint density at radius 3 is 2.49 bits per heavy atom. The smallest absolute Gasteiger partial charge is 0.244 e. The van der Waals surface area contributed by atoms with Crippen molar-refractivity contribution in [2.45, 2.75) is 51.9 Å². The van der Waals surface area contributed by atoms with Crippen LogP contribution in [0.1, 0.15) is 36.5 Å². The molecule has 2 unspecified atom stereocenters. The lowest BCUT2D eigenvalue weighted by atomic mass is 10.1. The van der Waals surface area contributed by atoms with Gasteiger partial charge in [-0.25, -0.2) is 0 Å². The van der Waals surface area contributed by atoms with E-state index in [-0.39, 0.29) is 36.1 Å². The quantitative estimate of drug-likeness (QED) is 0.511. The Morgan fingerprint density at radius 2 is 1.80 bits per heavy atom. The van der Waals surface area contributed by atoms with Crippen molar-refractivity contribution in [3.05, 3.63) is 59.2 Å². The number of aryl methyl sites for hydroxylation is 2. The molecule has 0 aliphatic carbocycles. The predicted octanol–water partition coefficient (Wildman–Crippen LogP) is 4.32. The lowest BCUT2D eigenvalue weighted by Gasteiger charge is -2.27. The molecule has 8 heteroatoms. The van der Waals surface area contributed by atoms with Crippen LogP contribution in [0.15, 0.2) is 42.5 Å². The third-order valence-electron chi connectivity index (χ3n) is 6.12. The summed E-state index contributed by atoms with van der Waals surface area (Å²) < 4.78 is 5.72. The number of amides is 3. The largest absolute Gasteiger partial charge is 0.376 e. The van der Waals surface area contributed by atoms with Gasteiger partial charge >= 0.3 is 0 Å². The van der Waals surface area contributed by atoms with Crippen molar-refractivity contribution in [3.8, 4) is 0 Å². The van der Waals surface area contributed by atoms with E-state index in [1.807, 2.05) is 63.2 Å². The molecule has 1 heterocycles. The van der Waals surface area contributed by atoms with Crippen LogP contribution in [0, 0.1) is 20.8 Å². The van der Waals surface area contributed by atoms with Crippen LogP contribution in [0.3, 0.4) is 0 Å². The fourth-order valence-corrected chi connectivity index (χ4v) is 4.64. The molecule has 2 atom stereocenters. The maximum atomic E-state index is 13.3. The maximum absolute atomic E-state index is 13.3. The van der Waals surface area contributed by atoms with E-state index in [0.29, 0.717) is 13.2 Å². The van der Waals surface area contributed by atoms with Crippen molar-refractivity contribution in [2.75, 3.05) is 36.1 Å². The molecular formula is C27H35N3O4S. The molecule has 0 saturated carbocycles. The first kappa shape index (κ1) is 26.8. The average Bonchev–Trinajstić information content (AvgIpc) is 3.34. The third-order valence-corrected chi connectivity index (χ3v) is 7.25. The van der Waals surface area contributed by atoms with Gasteiger partial charge in [-0.2, -0.15) is 0 Å². The number of hydrogen-bond acceptors (Lipinski definition) is 5. The normalized spacial score (nSPS) is 15.9. The highest BCUT2D eigenvalue weighted by Crippen LogP contribution is 2.20. The molecule has 2 N–H and O–H groups in total. The molecule has 7 nitrogen and oxygen atoms in total. The molecule has 2 aromatic rings. The minimum absolute atomic E-state index is 0.0630. The summed E-state index contributed by atoms with van der Waals surface area (Å²) in [4.78, 5) is 40.1. The van der Waals surface area contributed by atoms with Crippen molar-refractivity contribution in [3.63, 3.8) is 0 Å². The Hall–Kier alpha value is -2.84. The molecule has 0 spiro atoms. The van der Waals surface area contributed by atoms with Crippen molar-refractivity contribution < 1.29 is 19.1 Å². The number of ether oxygens (including phenoxy) is 1. The molecule has 1 saturated heterocycles. The summed E-state index contributed by atoms with van der Waals surface area (Å²) in [7, 11) is 0. The zero-order valence-corrected chi connectivity index (χ0v) is 21.7. The lowest BCUT2D eigenvalue weighted by molar-refractivity contribution is -0.135. The van der Waals surface area contributed by atoms with Crippen LogP contribution >= 0.6 is 11.8 Å². The predicted molar refractivity (Wildman–Crippen MR) is 142 cm³/mol. The molecule has 35 heavy (non-hydrogen) atoms. The Morgan fingerprint density at radius 1 is 1.06 bits per heavy atom. The van der Waals surface area contributed by atoms with Crippen molar-refractivity contribution >= 4 is 40.9 Å². The lowest BCUT2D eigenvalue weighted by Crippen LogP contribution is -2.45. The van der Waals surface area contributed by atoms with Crippen LogP contribution in [0.5, 0.6) is 0 Å². The van der Waals surface area contributed by atoms with Gasteiger partial charge in [0.15, 0.2) is 0 Å². The fraction of sp³-hybridized carbons (Fsp3) is 0.444. The topological polar surface area (TPSA) is 87.7 Å². The summed E-state index contributed by atoms with van der Waals surface area (Å²) in [5.41, 5.74) is 4.67. The van der Waals surface area contributed by atoms with E-state index in [1.165, 1.54) is 11.8 Å². The first-order valence-corrected chi connectivity index (χ1v) is 13.0. The monoisotopic (exact) mass is 497 g/mol. The van der Waals surface area contributed by atoms with Gasteiger partial charge in [0.1, 0.15) is 0 Å². The number of hydrogen-bond donors (Lipinski definition) is 2. The van der Waals surface area contributed by atoms with Gasteiger partial charge in [-0.15, -0.1) is 11.8 Å². The van der Waals surface area contributed by atoms with Gasteiger partial charge in [0.2, 0.25) is 17.7 Å². The van der Waals surface area contributed by atoms with Crippen molar-refractivity contribution in [2.24, 2.45) is 0 Å². The molecule has 3 amide bonds. The van der Waals surface area contributed by atoms with E-state index in [9.17, 15) is 14.4 Å². The van der Waals surface area contributed by atoms with Gasteiger partial charge < -0.3 is 20.3 Å². The summed E-state index contributed by atoms with van der Waals surface area (Å²) in [6.45, 7) is 8.68. The highest BCUT2D eigenvalue weighted by molar-refractivity contribution is 8.01. The van der Waals surface area contributed by atoms with Crippen LogP contribution in [0.2, 0.25) is 0 Å². The van der Waals surface area contributed by atoms with Gasteiger partial charge in [-0.1, -0.05) is 29.8 Å². The molecule has 1 aliphatic rings. The van der Waals surface area contributed by atoms with Crippen LogP contribution in [-0.2, 0) is 19.1 Å². The minimum Gasteiger partial charge on any atom is -0.376 e. The minimum atomic E-state index is -0.478. The van der Waals surface area contributed by atoms with E-state index in [0.717, 1.165) is 40.9 Å². The second-order valence-electron chi connectivity index (χ2n) is 9.02. The average molecular weight is 498 g/mol. The summed E-state index contributed by atoms with van der Waals surface area (Å²) in [6.07, 6.45) is 1.74. The summed E-state index contributed by atoms with van der Waals surface area (Å²) in [5, 5.41) is 5.31. The molecule has 188 valence electrons. The summed E-state index contributed by atoms with van der Waals surface area (Å²) in [6, 6.07) is 13.3. The van der Waals surface area contributed by atoms with E-state index in [4.69, 9.17) is 4.74 Å². The van der Waals surface area contributed by atoms with Crippen LogP contribution in [0.4, 0.5) is 11.4 Å². The first-order valence-electron chi connectivity index (χ1n) is 12.0. The zero-order chi connectivity index (χ0) is 25.4. The van der Waals surface area contributed by atoms with Gasteiger partial charge in [0.05, 0.1) is 23.7 Å². The van der Waals surface area contributed by atoms with E-state index in [1.54, 1.807) is 11.8 Å². The van der Waals surface area contributed by atoms with Gasteiger partial charge in [-0.3, -0.25) is 14.4 Å². The number of nitrogens with one attached hydrogen (secondary N) is 2. The number of rotatable bonds is 10. The maximum Gasteiger partial charge on any atom is 0.244 e. The molecule has 3 rings (SSSR count). The second kappa shape index (κ2) is 12.7. The van der Waals surface area contributed by atoms with Crippen LogP contribution < -0.4 is 10.6 Å². The number of thioether (sulfide) groups is 1. The van der Waals surface area contributed by atoms with E-state index < -0.39 is 5.25 Å². The highest BCUT2D eigenvalue weighted by Gasteiger charge is 2.28. The summed E-state index contributed by atoms with van der Waals surface area (Å²) in [5.74, 6) is -0.454. The van der Waals surface area contributed by atoms with Crippen molar-refractivity contribution in [1.82, 2.24) is 4.90 Å². The highest BCUT2D eigenvalue weighted by atomic mass is 32.2. The number of carbonyl (C=O) groups excluding carboxylic acids is 3. The second-order valence-corrected chi connectivity index (χ2v) is 10.3. The van der Waals surface area contributed by atoms with Crippen LogP contribution in [0.25, 0.3) is 0 Å². The first-order chi connectivity index (χ1) is 16.7. The Bertz CT molecular complexity index is 1040. The van der Waals surface area contributed by atoms with Gasteiger partial charge in [0, 0.05) is 24.5 Å². The summed E-state index contributed by atoms with van der Waals surface area (Å²) >= 11 is 1.26. The SMILES string of the molecule is Cc1ccc(NC(=O)CSC(C)C(=O)N(CC(=O)Nc2cccc(C)c2C)CC2CCCO2)cc1. The van der Waals surface area contributed by atoms with Crippen LogP contribution in [-0.4, -0.2) is 59.4 Å². The number of benzene rings is 2. The Labute approximate surface area is 212 Å². The van der Waals surface area contributed by atoms with Gasteiger partial charge in [-0.05, 0) is 69.9 Å². The molecule has 2 aromatic carbocycles. The van der Waals surface area contributed by atoms with E-state index >= 15 is 0 Å². The molecule has 0 bridgehead atoms. The molecule has 0 aromatic heterocycles. The Balaban J connectivity index is 1.58. The number of carbonyl (C=O) groups is 3. The van der Waals surface area contributed by atoms with E-state index in [2.05, 4.69) is 10.6 Å². The molecule has 1 fully saturated rings.